The molecule has 170 valence electrons. The highest BCUT2D eigenvalue weighted by Gasteiger charge is 2.42. The van der Waals surface area contributed by atoms with Crippen molar-refractivity contribution in [2.45, 2.75) is 45.7 Å². The molecule has 5 rings (SSSR count). The molecule has 1 fully saturated rings. The fourth-order valence-electron chi connectivity index (χ4n) is 4.63. The van der Waals surface area contributed by atoms with E-state index < -0.39 is 11.5 Å². The summed E-state index contributed by atoms with van der Waals surface area (Å²) in [5.41, 5.74) is 2.87. The summed E-state index contributed by atoms with van der Waals surface area (Å²) in [6.07, 6.45) is 3.83. The summed E-state index contributed by atoms with van der Waals surface area (Å²) in [4.78, 5) is 30.7. The number of rotatable bonds is 4. The Hall–Kier alpha value is -3.41. The van der Waals surface area contributed by atoms with Gasteiger partial charge in [0.15, 0.2) is 0 Å². The number of para-hydroxylation sites is 2. The zero-order valence-corrected chi connectivity index (χ0v) is 19.2. The lowest BCUT2D eigenvalue weighted by Crippen LogP contribution is -2.49. The quantitative estimate of drug-likeness (QED) is 0.562. The van der Waals surface area contributed by atoms with Crippen LogP contribution >= 0.6 is 0 Å². The van der Waals surface area contributed by atoms with E-state index in [0.29, 0.717) is 0 Å². The van der Waals surface area contributed by atoms with Gasteiger partial charge < -0.3 is 9.47 Å². The highest BCUT2D eigenvalue weighted by molar-refractivity contribution is 6.00. The predicted octanol–water partition coefficient (Wildman–Crippen LogP) is 5.09. The molecule has 1 aliphatic carbocycles. The normalized spacial score (nSPS) is 17.3. The van der Waals surface area contributed by atoms with Gasteiger partial charge in [-0.05, 0) is 54.8 Å². The third-order valence-electron chi connectivity index (χ3n) is 6.37. The maximum absolute atomic E-state index is 14.0. The van der Waals surface area contributed by atoms with Gasteiger partial charge in [0.25, 0.3) is 0 Å². The number of benzene rings is 2. The number of anilines is 1. The summed E-state index contributed by atoms with van der Waals surface area (Å²) >= 11 is 0. The number of amides is 2. The van der Waals surface area contributed by atoms with Crippen LogP contribution in [-0.2, 0) is 9.59 Å². The van der Waals surface area contributed by atoms with Gasteiger partial charge >= 0.3 is 0 Å². The second-order valence-corrected chi connectivity index (χ2v) is 9.92. The van der Waals surface area contributed by atoms with E-state index in [4.69, 9.17) is 0 Å². The first-order valence-electron chi connectivity index (χ1n) is 11.4. The van der Waals surface area contributed by atoms with Crippen molar-refractivity contribution < 1.29 is 14.0 Å². The standard InChI is InChI=1S/C27H28FN3O2/c1-27(2,3)26(33)30(20-14-15-20)17-24(32)31-22-8-5-4-7-21(22)29-16-6-9-23(29)25(31)18-10-12-19(28)13-11-18/h4-13,16,20,25H,14-15,17H2,1-3H3. The second kappa shape index (κ2) is 7.87. The highest BCUT2D eigenvalue weighted by atomic mass is 19.1. The van der Waals surface area contributed by atoms with E-state index in [1.54, 1.807) is 21.9 Å². The van der Waals surface area contributed by atoms with Crippen molar-refractivity contribution in [1.29, 1.82) is 0 Å². The second-order valence-electron chi connectivity index (χ2n) is 9.92. The Morgan fingerprint density at radius 2 is 1.64 bits per heavy atom. The van der Waals surface area contributed by atoms with Crippen molar-refractivity contribution in [3.05, 3.63) is 83.9 Å². The Bertz CT molecular complexity index is 1200. The van der Waals surface area contributed by atoms with Crippen molar-refractivity contribution in [3.8, 4) is 5.69 Å². The first kappa shape index (κ1) is 21.4. The van der Waals surface area contributed by atoms with Crippen molar-refractivity contribution in [2.24, 2.45) is 5.41 Å². The number of carbonyl (C=O) groups is 2. The lowest BCUT2D eigenvalue weighted by Gasteiger charge is -2.40. The maximum atomic E-state index is 14.0. The van der Waals surface area contributed by atoms with Crippen LogP contribution in [0.4, 0.5) is 10.1 Å². The lowest BCUT2D eigenvalue weighted by atomic mass is 9.94. The Balaban J connectivity index is 1.59. The fraction of sp³-hybridized carbons (Fsp3) is 0.333. The largest absolute Gasteiger partial charge is 0.330 e. The SMILES string of the molecule is CC(C)(C)C(=O)N(CC(=O)N1c2ccccc2-n2cccc2C1c1ccc(F)cc1)C1CC1. The van der Waals surface area contributed by atoms with Gasteiger partial charge in [-0.1, -0.05) is 45.0 Å². The summed E-state index contributed by atoms with van der Waals surface area (Å²) in [6.45, 7) is 5.69. The van der Waals surface area contributed by atoms with Crippen LogP contribution in [0, 0.1) is 11.2 Å². The van der Waals surface area contributed by atoms with Crippen molar-refractivity contribution in [2.75, 3.05) is 11.4 Å². The minimum Gasteiger partial charge on any atom is -0.330 e. The molecule has 2 aromatic carbocycles. The molecule has 3 aromatic rings. The van der Waals surface area contributed by atoms with Crippen molar-refractivity contribution in [3.63, 3.8) is 0 Å². The van der Waals surface area contributed by atoms with E-state index in [-0.39, 0.29) is 30.2 Å². The molecule has 0 N–H and O–H groups in total. The average Bonchev–Trinajstić information content (AvgIpc) is 3.51. The Morgan fingerprint density at radius 3 is 2.27 bits per heavy atom. The van der Waals surface area contributed by atoms with E-state index in [1.807, 2.05) is 63.4 Å². The number of hydrogen-bond donors (Lipinski definition) is 0. The molecule has 1 aliphatic heterocycles. The van der Waals surface area contributed by atoms with E-state index in [9.17, 15) is 14.0 Å². The van der Waals surface area contributed by atoms with Crippen LogP contribution in [0.15, 0.2) is 66.9 Å². The lowest BCUT2D eigenvalue weighted by molar-refractivity contribution is -0.142. The van der Waals surface area contributed by atoms with Gasteiger partial charge in [0.05, 0.1) is 17.1 Å². The van der Waals surface area contributed by atoms with Gasteiger partial charge in [-0.3, -0.25) is 14.5 Å². The number of nitrogens with zero attached hydrogens (tertiary/aromatic N) is 3. The minimum atomic E-state index is -0.562. The van der Waals surface area contributed by atoms with E-state index in [0.717, 1.165) is 35.5 Å². The Kier molecular flexibility index (Phi) is 5.11. The first-order valence-corrected chi connectivity index (χ1v) is 11.4. The van der Waals surface area contributed by atoms with Crippen LogP contribution in [0.3, 0.4) is 0 Å². The number of halogens is 1. The molecule has 2 amide bonds. The van der Waals surface area contributed by atoms with Gasteiger partial charge in [-0.2, -0.15) is 0 Å². The van der Waals surface area contributed by atoms with Crippen molar-refractivity contribution in [1.82, 2.24) is 9.47 Å². The number of hydrogen-bond acceptors (Lipinski definition) is 2. The van der Waals surface area contributed by atoms with Gasteiger partial charge in [-0.25, -0.2) is 4.39 Å². The molecule has 2 aliphatic rings. The molecule has 1 saturated carbocycles. The number of fused-ring (bicyclic) bond motifs is 3. The topological polar surface area (TPSA) is 45.6 Å². The number of carbonyl (C=O) groups excluding carboxylic acids is 2. The van der Waals surface area contributed by atoms with Crippen LogP contribution in [-0.4, -0.2) is 33.9 Å². The summed E-state index contributed by atoms with van der Waals surface area (Å²) < 4.78 is 15.8. The first-order chi connectivity index (χ1) is 15.8. The van der Waals surface area contributed by atoms with Crippen LogP contribution in [0.2, 0.25) is 0 Å². The van der Waals surface area contributed by atoms with Gasteiger partial charge in [0.2, 0.25) is 11.8 Å². The molecule has 6 heteroatoms. The molecule has 0 radical (unpaired) electrons. The fourth-order valence-corrected chi connectivity index (χ4v) is 4.63. The monoisotopic (exact) mass is 445 g/mol. The smallest absolute Gasteiger partial charge is 0.247 e. The maximum Gasteiger partial charge on any atom is 0.247 e. The average molecular weight is 446 g/mol. The Morgan fingerprint density at radius 1 is 0.970 bits per heavy atom. The molecular weight excluding hydrogens is 417 g/mol. The molecule has 0 bridgehead atoms. The molecule has 1 atom stereocenters. The van der Waals surface area contributed by atoms with Crippen LogP contribution in [0.1, 0.15) is 50.9 Å². The summed E-state index contributed by atoms with van der Waals surface area (Å²) in [6, 6.07) is 17.7. The highest BCUT2D eigenvalue weighted by Crippen LogP contribution is 2.42. The van der Waals surface area contributed by atoms with Gasteiger partial charge in [0.1, 0.15) is 18.4 Å². The molecular formula is C27H28FN3O2. The van der Waals surface area contributed by atoms with E-state index in [2.05, 4.69) is 4.57 Å². The van der Waals surface area contributed by atoms with Gasteiger partial charge in [0, 0.05) is 17.7 Å². The molecule has 0 saturated heterocycles. The molecule has 5 nitrogen and oxygen atoms in total. The van der Waals surface area contributed by atoms with Crippen LogP contribution in [0.25, 0.3) is 5.69 Å². The number of aromatic nitrogens is 1. The molecule has 1 unspecified atom stereocenters. The summed E-state index contributed by atoms with van der Waals surface area (Å²) in [5, 5.41) is 0. The van der Waals surface area contributed by atoms with Crippen LogP contribution in [0.5, 0.6) is 0 Å². The molecule has 2 heterocycles. The third kappa shape index (κ3) is 3.84. The van der Waals surface area contributed by atoms with E-state index >= 15 is 0 Å². The van der Waals surface area contributed by atoms with Crippen LogP contribution < -0.4 is 4.90 Å². The third-order valence-corrected chi connectivity index (χ3v) is 6.37. The molecule has 33 heavy (non-hydrogen) atoms. The molecule has 1 aromatic heterocycles. The molecule has 0 spiro atoms. The van der Waals surface area contributed by atoms with Gasteiger partial charge in [-0.15, -0.1) is 0 Å². The summed E-state index contributed by atoms with van der Waals surface area (Å²) in [5.74, 6) is -0.474. The minimum absolute atomic E-state index is 0.00893. The summed E-state index contributed by atoms with van der Waals surface area (Å²) in [7, 11) is 0. The van der Waals surface area contributed by atoms with Crippen molar-refractivity contribution >= 4 is 17.5 Å². The zero-order valence-electron chi connectivity index (χ0n) is 19.2. The zero-order chi connectivity index (χ0) is 23.3. The Labute approximate surface area is 193 Å². The predicted molar refractivity (Wildman–Crippen MR) is 126 cm³/mol. The van der Waals surface area contributed by atoms with E-state index in [1.165, 1.54) is 12.1 Å².